The van der Waals surface area contributed by atoms with Gasteiger partial charge in [-0.1, -0.05) is 11.6 Å². The Bertz CT molecular complexity index is 473. The summed E-state index contributed by atoms with van der Waals surface area (Å²) in [4.78, 5) is 0. The lowest BCUT2D eigenvalue weighted by Crippen LogP contribution is -1.91. The van der Waals surface area contributed by atoms with Crippen molar-refractivity contribution in [3.8, 4) is 0 Å². The fourth-order valence-electron chi connectivity index (χ4n) is 1.55. The van der Waals surface area contributed by atoms with E-state index in [1.54, 1.807) is 6.07 Å². The molecule has 0 aliphatic heterocycles. The number of benzene rings is 1. The predicted molar refractivity (Wildman–Crippen MR) is 52.6 cm³/mol. The molecule has 0 unspecified atom stereocenters. The molecular weight excluding hydrogens is 189 g/mol. The third-order valence-corrected chi connectivity index (χ3v) is 2.50. The first kappa shape index (κ1) is 8.57. The zero-order valence-corrected chi connectivity index (χ0v) is 8.19. The van der Waals surface area contributed by atoms with E-state index >= 15 is 0 Å². The minimum absolute atomic E-state index is 0.266. The van der Waals surface area contributed by atoms with Gasteiger partial charge in [-0.2, -0.15) is 0 Å². The van der Waals surface area contributed by atoms with Gasteiger partial charge in [0.15, 0.2) is 0 Å². The Labute approximate surface area is 80.7 Å². The summed E-state index contributed by atoms with van der Waals surface area (Å²) in [5.41, 5.74) is 1.64. The standard InChI is InChI=1S/C10H9ClFN/c1-6-3-7-4-8(11)5-9(12)10(7)13(6)2/h3-5H,1-2H3. The molecule has 2 aromatic rings. The quantitative estimate of drug-likeness (QED) is 0.611. The van der Waals surface area contributed by atoms with Gasteiger partial charge in [0.05, 0.1) is 5.52 Å². The summed E-state index contributed by atoms with van der Waals surface area (Å²) < 4.78 is 15.2. The van der Waals surface area contributed by atoms with Gasteiger partial charge in [0.2, 0.25) is 0 Å². The molecule has 0 atom stereocenters. The van der Waals surface area contributed by atoms with Gasteiger partial charge in [0.25, 0.3) is 0 Å². The van der Waals surface area contributed by atoms with Crippen LogP contribution in [0.1, 0.15) is 5.69 Å². The van der Waals surface area contributed by atoms with E-state index in [1.807, 2.05) is 24.6 Å². The van der Waals surface area contributed by atoms with Crippen LogP contribution in [0.2, 0.25) is 5.02 Å². The summed E-state index contributed by atoms with van der Waals surface area (Å²) in [6.07, 6.45) is 0. The van der Waals surface area contributed by atoms with E-state index < -0.39 is 0 Å². The first-order chi connectivity index (χ1) is 6.09. The van der Waals surface area contributed by atoms with Crippen molar-refractivity contribution in [2.45, 2.75) is 6.92 Å². The van der Waals surface area contributed by atoms with E-state index in [2.05, 4.69) is 0 Å². The molecule has 0 saturated carbocycles. The van der Waals surface area contributed by atoms with Crippen molar-refractivity contribution in [3.05, 3.63) is 34.7 Å². The van der Waals surface area contributed by atoms with Gasteiger partial charge >= 0.3 is 0 Å². The molecule has 3 heteroatoms. The molecule has 0 spiro atoms. The fraction of sp³-hybridized carbons (Fsp3) is 0.200. The zero-order chi connectivity index (χ0) is 9.59. The van der Waals surface area contributed by atoms with Crippen molar-refractivity contribution >= 4 is 22.5 Å². The molecule has 1 aromatic carbocycles. The summed E-state index contributed by atoms with van der Waals surface area (Å²) in [6.45, 7) is 1.94. The summed E-state index contributed by atoms with van der Waals surface area (Å²) >= 11 is 5.74. The highest BCUT2D eigenvalue weighted by Crippen LogP contribution is 2.25. The summed E-state index contributed by atoms with van der Waals surface area (Å²) in [5.74, 6) is -0.266. The first-order valence-corrected chi connectivity index (χ1v) is 4.38. The molecule has 0 amide bonds. The maximum absolute atomic E-state index is 13.4. The lowest BCUT2D eigenvalue weighted by molar-refractivity contribution is 0.631. The van der Waals surface area contributed by atoms with E-state index in [0.29, 0.717) is 10.5 Å². The number of hydrogen-bond donors (Lipinski definition) is 0. The lowest BCUT2D eigenvalue weighted by atomic mass is 10.2. The first-order valence-electron chi connectivity index (χ1n) is 4.00. The van der Waals surface area contributed by atoms with Gasteiger partial charge < -0.3 is 4.57 Å². The SMILES string of the molecule is Cc1cc2cc(Cl)cc(F)c2n1C. The number of rotatable bonds is 0. The van der Waals surface area contributed by atoms with Crippen LogP contribution in [0.4, 0.5) is 4.39 Å². The molecule has 0 saturated heterocycles. The molecule has 0 fully saturated rings. The maximum Gasteiger partial charge on any atom is 0.148 e. The molecule has 68 valence electrons. The molecular formula is C10H9ClFN. The highest BCUT2D eigenvalue weighted by molar-refractivity contribution is 6.31. The Morgan fingerprint density at radius 1 is 1.31 bits per heavy atom. The third-order valence-electron chi connectivity index (χ3n) is 2.29. The summed E-state index contributed by atoms with van der Waals surface area (Å²) in [7, 11) is 1.84. The average molecular weight is 198 g/mol. The number of halogens is 2. The second-order valence-electron chi connectivity index (χ2n) is 3.17. The van der Waals surface area contributed by atoms with Crippen molar-refractivity contribution in [3.63, 3.8) is 0 Å². The zero-order valence-electron chi connectivity index (χ0n) is 7.44. The van der Waals surface area contributed by atoms with Crippen LogP contribution < -0.4 is 0 Å². The van der Waals surface area contributed by atoms with Crippen molar-refractivity contribution in [2.75, 3.05) is 0 Å². The molecule has 1 heterocycles. The van der Waals surface area contributed by atoms with E-state index in [0.717, 1.165) is 11.1 Å². The molecule has 0 aliphatic rings. The topological polar surface area (TPSA) is 4.93 Å². The Balaban J connectivity index is 2.94. The molecule has 0 N–H and O–H groups in total. The van der Waals surface area contributed by atoms with Crippen molar-refractivity contribution < 1.29 is 4.39 Å². The number of aryl methyl sites for hydroxylation is 2. The van der Waals surface area contributed by atoms with Crippen LogP contribution in [0.5, 0.6) is 0 Å². The lowest BCUT2D eigenvalue weighted by Gasteiger charge is -2.00. The van der Waals surface area contributed by atoms with Gasteiger partial charge in [0, 0.05) is 23.2 Å². The molecule has 0 aliphatic carbocycles. The minimum atomic E-state index is -0.266. The second kappa shape index (κ2) is 2.74. The Hall–Kier alpha value is -1.02. The van der Waals surface area contributed by atoms with Crippen LogP contribution in [0.25, 0.3) is 10.9 Å². The van der Waals surface area contributed by atoms with E-state index in [4.69, 9.17) is 11.6 Å². The molecule has 1 nitrogen and oxygen atoms in total. The number of fused-ring (bicyclic) bond motifs is 1. The molecule has 1 aromatic heterocycles. The largest absolute Gasteiger partial charge is 0.346 e. The summed E-state index contributed by atoms with van der Waals surface area (Å²) in [6, 6.07) is 5.03. The molecule has 0 bridgehead atoms. The Morgan fingerprint density at radius 3 is 2.69 bits per heavy atom. The van der Waals surface area contributed by atoms with Crippen molar-refractivity contribution in [1.29, 1.82) is 0 Å². The van der Waals surface area contributed by atoms with Crippen LogP contribution in [-0.2, 0) is 7.05 Å². The Kier molecular flexibility index (Phi) is 1.81. The monoisotopic (exact) mass is 197 g/mol. The second-order valence-corrected chi connectivity index (χ2v) is 3.61. The smallest absolute Gasteiger partial charge is 0.148 e. The van der Waals surface area contributed by atoms with Gasteiger partial charge in [-0.15, -0.1) is 0 Å². The van der Waals surface area contributed by atoms with Gasteiger partial charge in [-0.3, -0.25) is 0 Å². The fourth-order valence-corrected chi connectivity index (χ4v) is 1.76. The Morgan fingerprint density at radius 2 is 2.00 bits per heavy atom. The highest BCUT2D eigenvalue weighted by Gasteiger charge is 2.08. The number of nitrogens with zero attached hydrogens (tertiary/aromatic N) is 1. The van der Waals surface area contributed by atoms with Crippen molar-refractivity contribution in [2.24, 2.45) is 7.05 Å². The summed E-state index contributed by atoms with van der Waals surface area (Å²) in [5, 5.41) is 1.29. The third kappa shape index (κ3) is 1.22. The molecule has 13 heavy (non-hydrogen) atoms. The van der Waals surface area contributed by atoms with Crippen LogP contribution in [0, 0.1) is 12.7 Å². The van der Waals surface area contributed by atoms with Crippen LogP contribution in [0.15, 0.2) is 18.2 Å². The van der Waals surface area contributed by atoms with Crippen LogP contribution in [-0.4, -0.2) is 4.57 Å². The van der Waals surface area contributed by atoms with E-state index in [9.17, 15) is 4.39 Å². The van der Waals surface area contributed by atoms with E-state index in [-0.39, 0.29) is 5.82 Å². The van der Waals surface area contributed by atoms with Gasteiger partial charge in [-0.05, 0) is 25.1 Å². The minimum Gasteiger partial charge on any atom is -0.346 e. The average Bonchev–Trinajstić information content (AvgIpc) is 2.27. The van der Waals surface area contributed by atoms with Crippen LogP contribution in [0.3, 0.4) is 0 Å². The number of hydrogen-bond acceptors (Lipinski definition) is 0. The molecule has 2 rings (SSSR count). The maximum atomic E-state index is 13.4. The van der Waals surface area contributed by atoms with E-state index in [1.165, 1.54) is 6.07 Å². The normalized spacial score (nSPS) is 11.1. The predicted octanol–water partition coefficient (Wildman–Crippen LogP) is 3.28. The van der Waals surface area contributed by atoms with Crippen molar-refractivity contribution in [1.82, 2.24) is 4.57 Å². The highest BCUT2D eigenvalue weighted by atomic mass is 35.5. The van der Waals surface area contributed by atoms with Crippen LogP contribution >= 0.6 is 11.6 Å². The van der Waals surface area contributed by atoms with Gasteiger partial charge in [0.1, 0.15) is 5.82 Å². The molecule has 0 radical (unpaired) electrons. The number of aromatic nitrogens is 1. The van der Waals surface area contributed by atoms with Gasteiger partial charge in [-0.25, -0.2) is 4.39 Å².